The van der Waals surface area contributed by atoms with Gasteiger partial charge in [0.1, 0.15) is 5.25 Å². The fourth-order valence-corrected chi connectivity index (χ4v) is 4.79. The third-order valence-electron chi connectivity index (χ3n) is 5.47. The summed E-state index contributed by atoms with van der Waals surface area (Å²) >= 11 is 1.46. The molecular formula is C23H27N5OS. The second kappa shape index (κ2) is 8.52. The molecule has 3 aromatic rings. The van der Waals surface area contributed by atoms with E-state index in [-0.39, 0.29) is 17.2 Å². The first-order valence-electron chi connectivity index (χ1n) is 10.3. The topological polar surface area (TPSA) is 71.8 Å². The summed E-state index contributed by atoms with van der Waals surface area (Å²) in [5, 5.41) is 12.0. The van der Waals surface area contributed by atoms with Crippen molar-refractivity contribution in [3.8, 4) is 0 Å². The second-order valence-electron chi connectivity index (χ2n) is 7.64. The third-order valence-corrected chi connectivity index (χ3v) is 6.68. The SMILES string of the molecule is CCc1ccc([C@@H]2Nn3c(CC)nnc3S[C@H]2C(=O)Nc2ccc(C)cc2C)cc1. The number of carbonyl (C=O) groups excluding carboxylic acids is 1. The van der Waals surface area contributed by atoms with Gasteiger partial charge in [0.2, 0.25) is 11.1 Å². The molecule has 0 saturated carbocycles. The molecule has 0 bridgehead atoms. The Bertz CT molecular complexity index is 1060. The van der Waals surface area contributed by atoms with Crippen molar-refractivity contribution < 1.29 is 4.79 Å². The van der Waals surface area contributed by atoms with Gasteiger partial charge in [-0.2, -0.15) is 0 Å². The summed E-state index contributed by atoms with van der Waals surface area (Å²) in [4.78, 5) is 13.4. The Balaban J connectivity index is 1.67. The first-order valence-corrected chi connectivity index (χ1v) is 11.2. The number of hydrogen-bond acceptors (Lipinski definition) is 5. The maximum Gasteiger partial charge on any atom is 0.240 e. The number of benzene rings is 2. The molecule has 1 aromatic heterocycles. The molecule has 1 amide bonds. The lowest BCUT2D eigenvalue weighted by atomic mass is 10.0. The van der Waals surface area contributed by atoms with Crippen LogP contribution in [0.2, 0.25) is 0 Å². The average Bonchev–Trinajstić information content (AvgIpc) is 3.17. The highest BCUT2D eigenvalue weighted by atomic mass is 32.2. The van der Waals surface area contributed by atoms with E-state index >= 15 is 0 Å². The second-order valence-corrected chi connectivity index (χ2v) is 8.74. The van der Waals surface area contributed by atoms with Crippen LogP contribution in [0.15, 0.2) is 47.6 Å². The molecular weight excluding hydrogens is 394 g/mol. The molecule has 0 aliphatic carbocycles. The fourth-order valence-electron chi connectivity index (χ4n) is 3.70. The first kappa shape index (κ1) is 20.5. The summed E-state index contributed by atoms with van der Waals surface area (Å²) in [5.74, 6) is 0.817. The van der Waals surface area contributed by atoms with E-state index in [1.54, 1.807) is 0 Å². The van der Waals surface area contributed by atoms with Gasteiger partial charge < -0.3 is 10.7 Å². The Kier molecular flexibility index (Phi) is 5.81. The maximum absolute atomic E-state index is 13.4. The zero-order valence-corrected chi connectivity index (χ0v) is 18.6. The van der Waals surface area contributed by atoms with Gasteiger partial charge in [0.25, 0.3) is 0 Å². The molecule has 0 radical (unpaired) electrons. The Labute approximate surface area is 181 Å². The quantitative estimate of drug-likeness (QED) is 0.638. The Hall–Kier alpha value is -2.80. The van der Waals surface area contributed by atoms with Crippen LogP contribution >= 0.6 is 11.8 Å². The molecule has 2 aromatic carbocycles. The van der Waals surface area contributed by atoms with Gasteiger partial charge in [-0.15, -0.1) is 10.2 Å². The average molecular weight is 422 g/mol. The highest BCUT2D eigenvalue weighted by Gasteiger charge is 2.37. The van der Waals surface area contributed by atoms with Crippen molar-refractivity contribution in [3.63, 3.8) is 0 Å². The van der Waals surface area contributed by atoms with E-state index in [1.165, 1.54) is 22.9 Å². The van der Waals surface area contributed by atoms with Crippen molar-refractivity contribution in [3.05, 3.63) is 70.5 Å². The van der Waals surface area contributed by atoms with E-state index in [0.717, 1.165) is 35.5 Å². The number of hydrogen-bond donors (Lipinski definition) is 2. The molecule has 1 aliphatic heterocycles. The van der Waals surface area contributed by atoms with Gasteiger partial charge in [-0.1, -0.05) is 67.6 Å². The monoisotopic (exact) mass is 421 g/mol. The molecule has 2 N–H and O–H groups in total. The molecule has 0 unspecified atom stereocenters. The number of nitrogens with zero attached hydrogens (tertiary/aromatic N) is 3. The van der Waals surface area contributed by atoms with Crippen LogP contribution in [0.5, 0.6) is 0 Å². The number of fused-ring (bicyclic) bond motifs is 1. The van der Waals surface area contributed by atoms with E-state index < -0.39 is 0 Å². The minimum atomic E-state index is -0.375. The highest BCUT2D eigenvalue weighted by molar-refractivity contribution is 8.00. The highest BCUT2D eigenvalue weighted by Crippen LogP contribution is 2.38. The zero-order chi connectivity index (χ0) is 21.3. The van der Waals surface area contributed by atoms with Crippen LogP contribution in [-0.2, 0) is 17.6 Å². The van der Waals surface area contributed by atoms with Gasteiger partial charge in [0, 0.05) is 12.1 Å². The molecule has 2 atom stereocenters. The van der Waals surface area contributed by atoms with Crippen LogP contribution in [0.3, 0.4) is 0 Å². The molecule has 0 saturated heterocycles. The van der Waals surface area contributed by atoms with Crippen LogP contribution in [0.4, 0.5) is 5.69 Å². The van der Waals surface area contributed by atoms with Crippen LogP contribution in [-0.4, -0.2) is 26.0 Å². The number of carbonyl (C=O) groups is 1. The van der Waals surface area contributed by atoms with Gasteiger partial charge in [-0.05, 0) is 43.0 Å². The minimum Gasteiger partial charge on any atom is -0.325 e. The number of anilines is 1. The Morgan fingerprint density at radius 2 is 1.87 bits per heavy atom. The van der Waals surface area contributed by atoms with Gasteiger partial charge in [0.05, 0.1) is 6.04 Å². The van der Waals surface area contributed by atoms with Gasteiger partial charge in [-0.25, -0.2) is 4.68 Å². The Morgan fingerprint density at radius 1 is 1.10 bits per heavy atom. The minimum absolute atomic E-state index is 0.0451. The Morgan fingerprint density at radius 3 is 2.53 bits per heavy atom. The molecule has 4 rings (SSSR count). The molecule has 156 valence electrons. The van der Waals surface area contributed by atoms with Crippen molar-refractivity contribution in [1.29, 1.82) is 0 Å². The predicted molar refractivity (Wildman–Crippen MR) is 122 cm³/mol. The van der Waals surface area contributed by atoms with Crippen LogP contribution in [0.25, 0.3) is 0 Å². The fraction of sp³-hybridized carbons (Fsp3) is 0.348. The lowest BCUT2D eigenvalue weighted by Gasteiger charge is -2.33. The normalized spacial score (nSPS) is 17.9. The number of aryl methyl sites for hydroxylation is 4. The van der Waals surface area contributed by atoms with E-state index in [0.29, 0.717) is 5.16 Å². The lowest BCUT2D eigenvalue weighted by Crippen LogP contribution is -2.41. The molecule has 0 fully saturated rings. The lowest BCUT2D eigenvalue weighted by molar-refractivity contribution is -0.116. The molecule has 6 nitrogen and oxygen atoms in total. The zero-order valence-electron chi connectivity index (χ0n) is 17.8. The van der Waals surface area contributed by atoms with Crippen molar-refractivity contribution in [2.24, 2.45) is 0 Å². The molecule has 7 heteroatoms. The van der Waals surface area contributed by atoms with Gasteiger partial charge in [-0.3, -0.25) is 4.79 Å². The molecule has 0 spiro atoms. The predicted octanol–water partition coefficient (Wildman–Crippen LogP) is 4.42. The summed E-state index contributed by atoms with van der Waals surface area (Å²) in [7, 11) is 0. The first-order chi connectivity index (χ1) is 14.5. The summed E-state index contributed by atoms with van der Waals surface area (Å²) in [5.41, 5.74) is 8.92. The number of rotatable bonds is 5. The van der Waals surface area contributed by atoms with Crippen molar-refractivity contribution in [2.45, 2.75) is 57.0 Å². The summed E-state index contributed by atoms with van der Waals surface area (Å²) in [6.07, 6.45) is 1.75. The van der Waals surface area contributed by atoms with Gasteiger partial charge in [0.15, 0.2) is 5.82 Å². The van der Waals surface area contributed by atoms with Gasteiger partial charge >= 0.3 is 0 Å². The largest absolute Gasteiger partial charge is 0.325 e. The summed E-state index contributed by atoms with van der Waals surface area (Å²) in [6.45, 7) is 8.25. The van der Waals surface area contributed by atoms with E-state index in [4.69, 9.17) is 0 Å². The molecule has 2 heterocycles. The maximum atomic E-state index is 13.4. The summed E-state index contributed by atoms with van der Waals surface area (Å²) in [6, 6.07) is 14.3. The standard InChI is InChI=1S/C23H27N5OS/c1-5-16-8-10-17(11-9-16)20-21(30-23-26-25-19(6-2)28(23)27-20)22(29)24-18-12-7-14(3)13-15(18)4/h7-13,20-21,27H,5-6H2,1-4H3,(H,24,29)/t20-,21+/m0/s1. The van der Waals surface area contributed by atoms with Crippen LogP contribution in [0.1, 0.15) is 48.0 Å². The van der Waals surface area contributed by atoms with Crippen molar-refractivity contribution in [2.75, 3.05) is 10.7 Å². The van der Waals surface area contributed by atoms with Crippen molar-refractivity contribution in [1.82, 2.24) is 14.9 Å². The van der Waals surface area contributed by atoms with E-state index in [2.05, 4.69) is 58.2 Å². The summed E-state index contributed by atoms with van der Waals surface area (Å²) < 4.78 is 1.92. The third kappa shape index (κ3) is 3.94. The van der Waals surface area contributed by atoms with Crippen LogP contribution < -0.4 is 10.7 Å². The van der Waals surface area contributed by atoms with Crippen molar-refractivity contribution >= 4 is 23.4 Å². The number of thioether (sulfide) groups is 1. The number of aromatic nitrogens is 3. The smallest absolute Gasteiger partial charge is 0.240 e. The van der Waals surface area contributed by atoms with Crippen LogP contribution in [0, 0.1) is 13.8 Å². The number of amides is 1. The van der Waals surface area contributed by atoms with E-state index in [1.807, 2.05) is 37.6 Å². The van der Waals surface area contributed by atoms with E-state index in [9.17, 15) is 4.79 Å². The number of nitrogens with one attached hydrogen (secondary N) is 2. The molecule has 1 aliphatic rings. The molecule has 30 heavy (non-hydrogen) atoms.